The average Bonchev–Trinajstić information content (AvgIpc) is 2.88. The van der Waals surface area contributed by atoms with Crippen molar-refractivity contribution in [2.45, 2.75) is 32.2 Å². The SMILES string of the molecule is CCOc1c(C(C)NN)cc(Cl)c(F)c1[C@@H]1CNC(=O)C1. The molecule has 1 aliphatic heterocycles. The number of hydrogen-bond donors (Lipinski definition) is 3. The standard InChI is InChI=1S/C14H19ClFN3O2/c1-3-21-14-9(7(2)19-17)5-10(15)13(16)12(14)8-4-11(20)18-6-8/h5,7-8,19H,3-4,6,17H2,1-2H3,(H,18,20)/t7?,8-/m0/s1. The van der Waals surface area contributed by atoms with Gasteiger partial charge in [-0.05, 0) is 19.9 Å². The van der Waals surface area contributed by atoms with Crippen LogP contribution in [0.15, 0.2) is 6.07 Å². The monoisotopic (exact) mass is 315 g/mol. The Morgan fingerprint density at radius 3 is 2.90 bits per heavy atom. The Morgan fingerprint density at radius 1 is 1.67 bits per heavy atom. The molecule has 1 fully saturated rings. The van der Waals surface area contributed by atoms with Crippen LogP contribution in [0.2, 0.25) is 5.02 Å². The van der Waals surface area contributed by atoms with Gasteiger partial charge in [-0.15, -0.1) is 0 Å². The van der Waals surface area contributed by atoms with Crippen molar-refractivity contribution in [1.82, 2.24) is 10.7 Å². The van der Waals surface area contributed by atoms with Crippen molar-refractivity contribution in [3.8, 4) is 5.75 Å². The molecule has 7 heteroatoms. The lowest BCUT2D eigenvalue weighted by Gasteiger charge is -2.22. The van der Waals surface area contributed by atoms with Crippen LogP contribution in [0.5, 0.6) is 5.75 Å². The van der Waals surface area contributed by atoms with Crippen molar-refractivity contribution in [3.05, 3.63) is 28.0 Å². The number of carbonyl (C=O) groups excluding carboxylic acids is 1. The summed E-state index contributed by atoms with van der Waals surface area (Å²) in [6.45, 7) is 4.40. The molecule has 0 aliphatic carbocycles. The van der Waals surface area contributed by atoms with Gasteiger partial charge in [-0.1, -0.05) is 11.6 Å². The van der Waals surface area contributed by atoms with Gasteiger partial charge in [-0.25, -0.2) is 4.39 Å². The van der Waals surface area contributed by atoms with Crippen molar-refractivity contribution >= 4 is 17.5 Å². The summed E-state index contributed by atoms with van der Waals surface area (Å²) in [7, 11) is 0. The fourth-order valence-electron chi connectivity index (χ4n) is 2.54. The quantitative estimate of drug-likeness (QED) is 0.574. The van der Waals surface area contributed by atoms with E-state index in [1.54, 1.807) is 0 Å². The van der Waals surface area contributed by atoms with Crippen molar-refractivity contribution in [1.29, 1.82) is 0 Å². The maximum Gasteiger partial charge on any atom is 0.220 e. The molecular weight excluding hydrogens is 297 g/mol. The van der Waals surface area contributed by atoms with Gasteiger partial charge in [0.2, 0.25) is 5.91 Å². The average molecular weight is 316 g/mol. The van der Waals surface area contributed by atoms with Crippen molar-refractivity contribution in [3.63, 3.8) is 0 Å². The van der Waals surface area contributed by atoms with Gasteiger partial charge in [0, 0.05) is 36.1 Å². The minimum absolute atomic E-state index is 0.00454. The molecule has 5 nitrogen and oxygen atoms in total. The first-order chi connectivity index (χ1) is 9.99. The summed E-state index contributed by atoms with van der Waals surface area (Å²) in [6, 6.07) is 1.26. The highest BCUT2D eigenvalue weighted by atomic mass is 35.5. The zero-order chi connectivity index (χ0) is 15.6. The minimum atomic E-state index is -0.533. The molecule has 4 N–H and O–H groups in total. The Kier molecular flexibility index (Phi) is 5.03. The number of hydrogen-bond acceptors (Lipinski definition) is 4. The molecule has 0 bridgehead atoms. The van der Waals surface area contributed by atoms with Crippen LogP contribution in [0.25, 0.3) is 0 Å². The molecular formula is C14H19ClFN3O2. The van der Waals surface area contributed by atoms with Crippen LogP contribution in [0, 0.1) is 5.82 Å². The van der Waals surface area contributed by atoms with Crippen LogP contribution in [0.3, 0.4) is 0 Å². The number of hydrazine groups is 1. The summed E-state index contributed by atoms with van der Waals surface area (Å²) in [5.41, 5.74) is 3.64. The molecule has 21 heavy (non-hydrogen) atoms. The van der Waals surface area contributed by atoms with Crippen molar-refractivity contribution in [2.75, 3.05) is 13.2 Å². The Labute approximate surface area is 127 Å². The molecule has 1 aromatic rings. The second kappa shape index (κ2) is 6.60. The normalized spacial score (nSPS) is 19.5. The van der Waals surface area contributed by atoms with E-state index in [-0.39, 0.29) is 29.3 Å². The van der Waals surface area contributed by atoms with Crippen LogP contribution in [0.4, 0.5) is 4.39 Å². The number of rotatable bonds is 5. The van der Waals surface area contributed by atoms with E-state index in [2.05, 4.69) is 10.7 Å². The summed E-state index contributed by atoms with van der Waals surface area (Å²) in [5.74, 6) is 4.97. The van der Waals surface area contributed by atoms with Crippen LogP contribution >= 0.6 is 11.6 Å². The highest BCUT2D eigenvalue weighted by Gasteiger charge is 2.32. The van der Waals surface area contributed by atoms with E-state index in [0.29, 0.717) is 30.0 Å². The molecule has 0 radical (unpaired) electrons. The van der Waals surface area contributed by atoms with Crippen LogP contribution in [-0.4, -0.2) is 19.1 Å². The Bertz CT molecular complexity index is 554. The van der Waals surface area contributed by atoms with Crippen LogP contribution in [0.1, 0.15) is 43.4 Å². The first-order valence-electron chi connectivity index (χ1n) is 6.86. The topological polar surface area (TPSA) is 76.4 Å². The largest absolute Gasteiger partial charge is 0.493 e. The lowest BCUT2D eigenvalue weighted by Crippen LogP contribution is -2.26. The third-order valence-electron chi connectivity index (χ3n) is 3.63. The zero-order valence-electron chi connectivity index (χ0n) is 12.0. The van der Waals surface area contributed by atoms with Gasteiger partial charge < -0.3 is 10.1 Å². The second-order valence-electron chi connectivity index (χ2n) is 5.03. The maximum atomic E-state index is 14.5. The molecule has 2 rings (SSSR count). The first kappa shape index (κ1) is 16.0. The molecule has 0 saturated carbocycles. The number of halogens is 2. The summed E-state index contributed by atoms with van der Waals surface area (Å²) in [5, 5.41) is 2.71. The van der Waals surface area contributed by atoms with Gasteiger partial charge in [-0.3, -0.25) is 16.1 Å². The summed E-state index contributed by atoms with van der Waals surface area (Å²) in [4.78, 5) is 11.4. The van der Waals surface area contributed by atoms with Crippen LogP contribution in [-0.2, 0) is 4.79 Å². The molecule has 0 spiro atoms. The number of nitrogens with one attached hydrogen (secondary N) is 2. The van der Waals surface area contributed by atoms with Gasteiger partial charge in [0.25, 0.3) is 0 Å². The molecule has 116 valence electrons. The van der Waals surface area contributed by atoms with E-state index in [0.717, 1.165) is 0 Å². The van der Waals surface area contributed by atoms with E-state index in [9.17, 15) is 9.18 Å². The fourth-order valence-corrected chi connectivity index (χ4v) is 2.76. The molecule has 1 aliphatic rings. The third kappa shape index (κ3) is 3.12. The summed E-state index contributed by atoms with van der Waals surface area (Å²) < 4.78 is 20.2. The summed E-state index contributed by atoms with van der Waals surface area (Å²) >= 11 is 6.00. The van der Waals surface area contributed by atoms with E-state index in [4.69, 9.17) is 22.2 Å². The predicted molar refractivity (Wildman–Crippen MR) is 78.7 cm³/mol. The number of carbonyl (C=O) groups is 1. The Hall–Kier alpha value is -1.37. The van der Waals surface area contributed by atoms with Gasteiger partial charge in [0.05, 0.1) is 11.6 Å². The molecule has 1 saturated heterocycles. The molecule has 2 atom stereocenters. The molecule has 1 heterocycles. The van der Waals surface area contributed by atoms with Crippen molar-refractivity contribution < 1.29 is 13.9 Å². The van der Waals surface area contributed by atoms with E-state index >= 15 is 0 Å². The van der Waals surface area contributed by atoms with E-state index in [1.807, 2.05) is 13.8 Å². The maximum absolute atomic E-state index is 14.5. The zero-order valence-corrected chi connectivity index (χ0v) is 12.8. The number of benzene rings is 1. The highest BCUT2D eigenvalue weighted by molar-refractivity contribution is 6.31. The Morgan fingerprint density at radius 2 is 2.38 bits per heavy atom. The lowest BCUT2D eigenvalue weighted by atomic mass is 9.92. The van der Waals surface area contributed by atoms with Gasteiger partial charge >= 0.3 is 0 Å². The molecule has 1 unspecified atom stereocenters. The van der Waals surface area contributed by atoms with Crippen molar-refractivity contribution in [2.24, 2.45) is 5.84 Å². The molecule has 0 aromatic heterocycles. The van der Waals surface area contributed by atoms with Gasteiger partial charge in [0.1, 0.15) is 11.6 Å². The van der Waals surface area contributed by atoms with E-state index < -0.39 is 5.82 Å². The van der Waals surface area contributed by atoms with Gasteiger partial charge in [0.15, 0.2) is 0 Å². The van der Waals surface area contributed by atoms with Crippen LogP contribution < -0.4 is 21.3 Å². The minimum Gasteiger partial charge on any atom is -0.493 e. The lowest BCUT2D eigenvalue weighted by molar-refractivity contribution is -0.119. The number of amides is 1. The Balaban J connectivity index is 2.59. The first-order valence-corrected chi connectivity index (χ1v) is 7.24. The summed E-state index contributed by atoms with van der Waals surface area (Å²) in [6.07, 6.45) is 0.223. The third-order valence-corrected chi connectivity index (χ3v) is 3.90. The number of nitrogens with two attached hydrogens (primary N) is 1. The predicted octanol–water partition coefficient (Wildman–Crippen LogP) is 2.01. The molecule has 1 aromatic carbocycles. The van der Waals surface area contributed by atoms with E-state index in [1.165, 1.54) is 6.07 Å². The number of ether oxygens (including phenoxy) is 1. The smallest absolute Gasteiger partial charge is 0.220 e. The highest BCUT2D eigenvalue weighted by Crippen LogP contribution is 2.41. The van der Waals surface area contributed by atoms with Gasteiger partial charge in [-0.2, -0.15) is 0 Å². The fraction of sp³-hybridized carbons (Fsp3) is 0.500. The second-order valence-corrected chi connectivity index (χ2v) is 5.44. The molecule has 1 amide bonds.